The molecule has 1 aromatic heterocycles. The van der Waals surface area contributed by atoms with Crippen LogP contribution < -0.4 is 10.6 Å². The zero-order valence-electron chi connectivity index (χ0n) is 12.9. The number of benzene rings is 2. The predicted molar refractivity (Wildman–Crippen MR) is 102 cm³/mol. The van der Waals surface area contributed by atoms with E-state index in [0.29, 0.717) is 29.0 Å². The van der Waals surface area contributed by atoms with Crippen molar-refractivity contribution >= 4 is 34.7 Å². The van der Waals surface area contributed by atoms with Gasteiger partial charge in [0.25, 0.3) is 0 Å². The number of aromatic nitrogens is 2. The molecule has 1 heterocycles. The fourth-order valence-corrected chi connectivity index (χ4v) is 2.63. The van der Waals surface area contributed by atoms with Crippen LogP contribution in [0.5, 0.6) is 0 Å². The maximum absolute atomic E-state index is 6.24. The first-order chi connectivity index (χ1) is 11.7. The van der Waals surface area contributed by atoms with Crippen LogP contribution in [0.1, 0.15) is 11.1 Å². The van der Waals surface area contributed by atoms with Crippen LogP contribution in [0, 0.1) is 0 Å². The van der Waals surface area contributed by atoms with Crippen LogP contribution in [0.2, 0.25) is 5.02 Å². The van der Waals surface area contributed by atoms with E-state index in [4.69, 9.17) is 23.8 Å². The lowest BCUT2D eigenvalue weighted by atomic mass is 10.2. The van der Waals surface area contributed by atoms with Gasteiger partial charge in [-0.25, -0.2) is 0 Å². The van der Waals surface area contributed by atoms with Gasteiger partial charge < -0.3 is 10.6 Å². The van der Waals surface area contributed by atoms with E-state index >= 15 is 0 Å². The molecule has 2 aromatic carbocycles. The SMILES string of the molecule is S=C(NCc1ccccc1)Nc1nn(Cc2ccccc2)cc1Cl. The Balaban J connectivity index is 1.58. The molecule has 0 aliphatic carbocycles. The Bertz CT molecular complexity index is 802. The van der Waals surface area contributed by atoms with Gasteiger partial charge in [-0.1, -0.05) is 72.3 Å². The van der Waals surface area contributed by atoms with Gasteiger partial charge in [0.15, 0.2) is 10.9 Å². The molecule has 0 atom stereocenters. The second-order valence-corrected chi connectivity index (χ2v) is 6.12. The molecule has 0 radical (unpaired) electrons. The molecule has 0 fully saturated rings. The van der Waals surface area contributed by atoms with Crippen molar-refractivity contribution < 1.29 is 0 Å². The van der Waals surface area contributed by atoms with Crippen molar-refractivity contribution in [1.82, 2.24) is 15.1 Å². The standard InChI is InChI=1S/C18H17ClN4S/c19-16-13-23(12-15-9-5-2-6-10-15)22-17(16)21-18(24)20-11-14-7-3-1-4-8-14/h1-10,13H,11-12H2,(H2,20,21,22,24). The molecule has 0 spiro atoms. The van der Waals surface area contributed by atoms with Gasteiger partial charge in [0.05, 0.1) is 6.54 Å². The molecular formula is C18H17ClN4S. The Morgan fingerprint density at radius 1 is 1.00 bits per heavy atom. The number of thiocarbonyl (C=S) groups is 1. The van der Waals surface area contributed by atoms with Gasteiger partial charge in [-0.2, -0.15) is 5.10 Å². The Morgan fingerprint density at radius 3 is 2.29 bits per heavy atom. The van der Waals surface area contributed by atoms with E-state index in [0.717, 1.165) is 11.1 Å². The van der Waals surface area contributed by atoms with Gasteiger partial charge in [-0.15, -0.1) is 0 Å². The second kappa shape index (κ2) is 7.95. The van der Waals surface area contributed by atoms with Crippen molar-refractivity contribution in [2.24, 2.45) is 0 Å². The second-order valence-electron chi connectivity index (χ2n) is 5.30. The van der Waals surface area contributed by atoms with Gasteiger partial charge in [-0.05, 0) is 23.3 Å². The molecule has 0 saturated carbocycles. The maximum atomic E-state index is 6.24. The first-order valence-corrected chi connectivity index (χ1v) is 8.35. The third-order valence-electron chi connectivity index (χ3n) is 3.43. The summed E-state index contributed by atoms with van der Waals surface area (Å²) < 4.78 is 1.79. The zero-order valence-corrected chi connectivity index (χ0v) is 14.5. The number of nitrogens with one attached hydrogen (secondary N) is 2. The molecule has 0 unspecified atom stereocenters. The average Bonchev–Trinajstić information content (AvgIpc) is 2.94. The van der Waals surface area contributed by atoms with Gasteiger partial charge in [0.1, 0.15) is 5.02 Å². The maximum Gasteiger partial charge on any atom is 0.173 e. The van der Waals surface area contributed by atoms with E-state index in [-0.39, 0.29) is 0 Å². The fraction of sp³-hybridized carbons (Fsp3) is 0.111. The first-order valence-electron chi connectivity index (χ1n) is 7.56. The summed E-state index contributed by atoms with van der Waals surface area (Å²) in [4.78, 5) is 0. The summed E-state index contributed by atoms with van der Waals surface area (Å²) >= 11 is 11.5. The molecule has 0 bridgehead atoms. The molecule has 0 aliphatic heterocycles. The average molecular weight is 357 g/mol. The van der Waals surface area contributed by atoms with E-state index in [2.05, 4.69) is 27.9 Å². The van der Waals surface area contributed by atoms with Crippen LogP contribution >= 0.6 is 23.8 Å². The number of anilines is 1. The Labute approximate surface area is 151 Å². The minimum atomic E-state index is 0.491. The van der Waals surface area contributed by atoms with E-state index in [1.165, 1.54) is 0 Å². The highest BCUT2D eigenvalue weighted by Crippen LogP contribution is 2.20. The van der Waals surface area contributed by atoms with Crippen molar-refractivity contribution in [3.05, 3.63) is 83.0 Å². The molecule has 4 nitrogen and oxygen atoms in total. The van der Waals surface area contributed by atoms with E-state index in [1.54, 1.807) is 10.9 Å². The van der Waals surface area contributed by atoms with Crippen molar-refractivity contribution in [3.63, 3.8) is 0 Å². The summed E-state index contributed by atoms with van der Waals surface area (Å²) in [7, 11) is 0. The van der Waals surface area contributed by atoms with Gasteiger partial charge in [0, 0.05) is 12.7 Å². The zero-order chi connectivity index (χ0) is 16.8. The molecule has 0 amide bonds. The lowest BCUT2D eigenvalue weighted by Crippen LogP contribution is -2.28. The highest BCUT2D eigenvalue weighted by molar-refractivity contribution is 7.80. The third-order valence-corrected chi connectivity index (χ3v) is 3.96. The molecule has 3 rings (SSSR count). The third kappa shape index (κ3) is 4.57. The molecule has 0 aliphatic rings. The Hall–Kier alpha value is -2.37. The number of nitrogens with zero attached hydrogens (tertiary/aromatic N) is 2. The van der Waals surface area contributed by atoms with Crippen LogP contribution in [0.4, 0.5) is 5.82 Å². The number of hydrogen-bond donors (Lipinski definition) is 2. The van der Waals surface area contributed by atoms with Crippen LogP contribution in [0.15, 0.2) is 66.9 Å². The quantitative estimate of drug-likeness (QED) is 0.676. The summed E-state index contributed by atoms with van der Waals surface area (Å²) in [6.07, 6.45) is 1.79. The minimum absolute atomic E-state index is 0.491. The molecule has 6 heteroatoms. The van der Waals surface area contributed by atoms with E-state index in [1.807, 2.05) is 48.5 Å². The number of rotatable bonds is 5. The smallest absolute Gasteiger partial charge is 0.173 e. The minimum Gasteiger partial charge on any atom is -0.358 e. The van der Waals surface area contributed by atoms with E-state index < -0.39 is 0 Å². The Kier molecular flexibility index (Phi) is 5.46. The van der Waals surface area contributed by atoms with Crippen molar-refractivity contribution in [3.8, 4) is 0 Å². The summed E-state index contributed by atoms with van der Waals surface area (Å²) in [6.45, 7) is 1.31. The van der Waals surface area contributed by atoms with Gasteiger partial charge in [0.2, 0.25) is 0 Å². The number of halogens is 1. The van der Waals surface area contributed by atoms with Crippen LogP contribution in [-0.2, 0) is 13.1 Å². The number of hydrogen-bond acceptors (Lipinski definition) is 2. The molecular weight excluding hydrogens is 340 g/mol. The van der Waals surface area contributed by atoms with E-state index in [9.17, 15) is 0 Å². The van der Waals surface area contributed by atoms with Crippen molar-refractivity contribution in [1.29, 1.82) is 0 Å². The monoisotopic (exact) mass is 356 g/mol. The fourth-order valence-electron chi connectivity index (χ4n) is 2.26. The predicted octanol–water partition coefficient (Wildman–Crippen LogP) is 4.07. The summed E-state index contributed by atoms with van der Waals surface area (Å²) in [5.41, 5.74) is 2.32. The summed E-state index contributed by atoms with van der Waals surface area (Å²) in [5, 5.41) is 11.7. The lowest BCUT2D eigenvalue weighted by molar-refractivity contribution is 0.690. The molecule has 3 aromatic rings. The van der Waals surface area contributed by atoms with Crippen LogP contribution in [-0.4, -0.2) is 14.9 Å². The highest BCUT2D eigenvalue weighted by Gasteiger charge is 2.09. The topological polar surface area (TPSA) is 41.9 Å². The van der Waals surface area contributed by atoms with Crippen molar-refractivity contribution in [2.45, 2.75) is 13.1 Å². The van der Waals surface area contributed by atoms with Gasteiger partial charge >= 0.3 is 0 Å². The summed E-state index contributed by atoms with van der Waals surface area (Å²) in [5.74, 6) is 0.554. The molecule has 24 heavy (non-hydrogen) atoms. The summed E-state index contributed by atoms with van der Waals surface area (Å²) in [6, 6.07) is 20.1. The highest BCUT2D eigenvalue weighted by atomic mass is 35.5. The first kappa shape index (κ1) is 16.5. The van der Waals surface area contributed by atoms with Gasteiger partial charge in [-0.3, -0.25) is 4.68 Å². The molecule has 122 valence electrons. The largest absolute Gasteiger partial charge is 0.358 e. The normalized spacial score (nSPS) is 10.4. The Morgan fingerprint density at radius 2 is 1.62 bits per heavy atom. The van der Waals surface area contributed by atoms with Crippen molar-refractivity contribution in [2.75, 3.05) is 5.32 Å². The van der Waals surface area contributed by atoms with Crippen LogP contribution in [0.25, 0.3) is 0 Å². The lowest BCUT2D eigenvalue weighted by Gasteiger charge is -2.09. The van der Waals surface area contributed by atoms with Crippen LogP contribution in [0.3, 0.4) is 0 Å². The molecule has 0 saturated heterocycles. The molecule has 2 N–H and O–H groups in total.